The van der Waals surface area contributed by atoms with Gasteiger partial charge in [0.1, 0.15) is 5.56 Å². The second kappa shape index (κ2) is 7.32. The van der Waals surface area contributed by atoms with Crippen molar-refractivity contribution < 1.29 is 14.6 Å². The Kier molecular flexibility index (Phi) is 5.20. The highest BCUT2D eigenvalue weighted by Gasteiger charge is 2.25. The highest BCUT2D eigenvalue weighted by atomic mass is 16.6. The molecule has 124 valence electrons. The van der Waals surface area contributed by atoms with E-state index in [1.807, 2.05) is 37.3 Å². The molecule has 0 aliphatic heterocycles. The molecule has 0 saturated carbocycles. The SMILES string of the molecule is CC[C@@H](NC(=O)c1ccc([N+](=O)[O-])cc1[N+](=O)[O-])c1ccccc1. The van der Waals surface area contributed by atoms with E-state index < -0.39 is 27.1 Å². The van der Waals surface area contributed by atoms with Crippen molar-refractivity contribution in [1.29, 1.82) is 0 Å². The first-order valence-electron chi connectivity index (χ1n) is 7.22. The van der Waals surface area contributed by atoms with Crippen LogP contribution >= 0.6 is 0 Å². The molecule has 0 bridgehead atoms. The molecule has 1 amide bonds. The monoisotopic (exact) mass is 329 g/mol. The number of nitrogens with zero attached hydrogens (tertiary/aromatic N) is 2. The third kappa shape index (κ3) is 3.72. The predicted molar refractivity (Wildman–Crippen MR) is 86.7 cm³/mol. The Morgan fingerprint density at radius 3 is 2.29 bits per heavy atom. The largest absolute Gasteiger partial charge is 0.345 e. The van der Waals surface area contributed by atoms with Crippen LogP contribution in [0, 0.1) is 20.2 Å². The first-order chi connectivity index (χ1) is 11.4. The van der Waals surface area contributed by atoms with Gasteiger partial charge in [-0.05, 0) is 18.1 Å². The van der Waals surface area contributed by atoms with E-state index >= 15 is 0 Å². The normalized spacial score (nSPS) is 11.5. The van der Waals surface area contributed by atoms with Crippen molar-refractivity contribution in [3.05, 3.63) is 79.9 Å². The van der Waals surface area contributed by atoms with E-state index in [0.717, 1.165) is 23.8 Å². The lowest BCUT2D eigenvalue weighted by molar-refractivity contribution is -0.394. The molecule has 0 fully saturated rings. The van der Waals surface area contributed by atoms with Crippen molar-refractivity contribution >= 4 is 17.3 Å². The predicted octanol–water partition coefficient (Wildman–Crippen LogP) is 3.38. The number of nitrogens with one attached hydrogen (secondary N) is 1. The van der Waals surface area contributed by atoms with E-state index in [-0.39, 0.29) is 11.6 Å². The number of nitro benzene ring substituents is 2. The van der Waals surface area contributed by atoms with Gasteiger partial charge in [-0.15, -0.1) is 0 Å². The number of amides is 1. The number of nitro groups is 2. The molecule has 2 rings (SSSR count). The fourth-order valence-corrected chi connectivity index (χ4v) is 2.32. The van der Waals surface area contributed by atoms with Crippen molar-refractivity contribution in [2.75, 3.05) is 0 Å². The molecular formula is C16H15N3O5. The maximum Gasteiger partial charge on any atom is 0.289 e. The molecule has 2 aromatic carbocycles. The number of carbonyl (C=O) groups excluding carboxylic acids is 1. The Bertz CT molecular complexity index is 777. The Balaban J connectivity index is 2.32. The molecule has 8 nitrogen and oxygen atoms in total. The van der Waals surface area contributed by atoms with Crippen molar-refractivity contribution in [2.24, 2.45) is 0 Å². The van der Waals surface area contributed by atoms with E-state index in [4.69, 9.17) is 0 Å². The van der Waals surface area contributed by atoms with Crippen LogP contribution in [0.3, 0.4) is 0 Å². The summed E-state index contributed by atoms with van der Waals surface area (Å²) in [4.78, 5) is 32.7. The third-order valence-corrected chi connectivity index (χ3v) is 3.55. The van der Waals surface area contributed by atoms with Gasteiger partial charge in [-0.25, -0.2) is 0 Å². The number of rotatable bonds is 6. The van der Waals surface area contributed by atoms with Gasteiger partial charge in [0, 0.05) is 6.07 Å². The van der Waals surface area contributed by atoms with E-state index in [1.165, 1.54) is 0 Å². The molecule has 2 aromatic rings. The van der Waals surface area contributed by atoms with Gasteiger partial charge < -0.3 is 5.32 Å². The lowest BCUT2D eigenvalue weighted by Crippen LogP contribution is -2.28. The lowest BCUT2D eigenvalue weighted by atomic mass is 10.0. The molecule has 0 aliphatic rings. The summed E-state index contributed by atoms with van der Waals surface area (Å²) in [6.45, 7) is 1.88. The topological polar surface area (TPSA) is 115 Å². The molecule has 0 saturated heterocycles. The quantitative estimate of drug-likeness (QED) is 0.644. The first-order valence-corrected chi connectivity index (χ1v) is 7.22. The second-order valence-corrected chi connectivity index (χ2v) is 5.06. The minimum absolute atomic E-state index is 0.208. The zero-order valence-electron chi connectivity index (χ0n) is 12.8. The van der Waals surface area contributed by atoms with E-state index in [0.29, 0.717) is 6.42 Å². The average Bonchev–Trinajstić information content (AvgIpc) is 2.59. The zero-order chi connectivity index (χ0) is 17.7. The molecule has 1 N–H and O–H groups in total. The molecular weight excluding hydrogens is 314 g/mol. The Morgan fingerprint density at radius 2 is 1.75 bits per heavy atom. The first kappa shape index (κ1) is 17.1. The molecule has 24 heavy (non-hydrogen) atoms. The standard InChI is InChI=1S/C16H15N3O5/c1-2-14(11-6-4-3-5-7-11)17-16(20)13-9-8-12(18(21)22)10-15(13)19(23)24/h3-10,14H,2H2,1H3,(H,17,20)/t14-/m1/s1. The minimum Gasteiger partial charge on any atom is -0.345 e. The van der Waals surface area contributed by atoms with Crippen molar-refractivity contribution in [1.82, 2.24) is 5.32 Å². The fraction of sp³-hybridized carbons (Fsp3) is 0.188. The van der Waals surface area contributed by atoms with Crippen LogP contribution in [-0.2, 0) is 0 Å². The van der Waals surface area contributed by atoms with Crippen LogP contribution in [0.2, 0.25) is 0 Å². The molecule has 0 radical (unpaired) electrons. The number of carbonyl (C=O) groups is 1. The van der Waals surface area contributed by atoms with E-state index in [9.17, 15) is 25.0 Å². The number of hydrogen-bond donors (Lipinski definition) is 1. The van der Waals surface area contributed by atoms with Gasteiger partial charge in [-0.2, -0.15) is 0 Å². The van der Waals surface area contributed by atoms with Crippen LogP contribution in [0.25, 0.3) is 0 Å². The zero-order valence-corrected chi connectivity index (χ0v) is 12.8. The van der Waals surface area contributed by atoms with Crippen molar-refractivity contribution in [3.8, 4) is 0 Å². The number of non-ortho nitro benzene ring substituents is 1. The summed E-state index contributed by atoms with van der Waals surface area (Å²) in [5, 5.41) is 24.6. The van der Waals surface area contributed by atoms with Crippen molar-refractivity contribution in [2.45, 2.75) is 19.4 Å². The average molecular weight is 329 g/mol. The van der Waals surface area contributed by atoms with Gasteiger partial charge in [-0.1, -0.05) is 37.3 Å². The van der Waals surface area contributed by atoms with Crippen LogP contribution in [0.5, 0.6) is 0 Å². The van der Waals surface area contributed by atoms with Crippen molar-refractivity contribution in [3.63, 3.8) is 0 Å². The van der Waals surface area contributed by atoms with Crippen LogP contribution in [0.1, 0.15) is 35.3 Å². The van der Waals surface area contributed by atoms with Crippen LogP contribution in [-0.4, -0.2) is 15.8 Å². The summed E-state index contributed by atoms with van der Waals surface area (Å²) in [5.41, 5.74) is -0.365. The molecule has 0 aromatic heterocycles. The molecule has 1 atom stereocenters. The summed E-state index contributed by atoms with van der Waals surface area (Å²) in [6.07, 6.45) is 0.594. The highest BCUT2D eigenvalue weighted by Crippen LogP contribution is 2.26. The summed E-state index contributed by atoms with van der Waals surface area (Å²) in [7, 11) is 0. The molecule has 0 heterocycles. The highest BCUT2D eigenvalue weighted by molar-refractivity contribution is 5.98. The fourth-order valence-electron chi connectivity index (χ4n) is 2.32. The van der Waals surface area contributed by atoms with Gasteiger partial charge in [-0.3, -0.25) is 25.0 Å². The molecule has 0 spiro atoms. The van der Waals surface area contributed by atoms with Gasteiger partial charge in [0.2, 0.25) is 0 Å². The maximum absolute atomic E-state index is 12.4. The molecule has 0 aliphatic carbocycles. The molecule has 8 heteroatoms. The van der Waals surface area contributed by atoms with Gasteiger partial charge in [0.15, 0.2) is 0 Å². The van der Waals surface area contributed by atoms with Crippen LogP contribution < -0.4 is 5.32 Å². The molecule has 0 unspecified atom stereocenters. The summed E-state index contributed by atoms with van der Waals surface area (Å²) >= 11 is 0. The maximum atomic E-state index is 12.4. The lowest BCUT2D eigenvalue weighted by Gasteiger charge is -2.17. The third-order valence-electron chi connectivity index (χ3n) is 3.55. The number of benzene rings is 2. The summed E-state index contributed by atoms with van der Waals surface area (Å²) in [5.74, 6) is -0.646. The van der Waals surface area contributed by atoms with Crippen LogP contribution in [0.4, 0.5) is 11.4 Å². The Hall–Kier alpha value is -3.29. The summed E-state index contributed by atoms with van der Waals surface area (Å²) in [6, 6.07) is 11.9. The van der Waals surface area contributed by atoms with Gasteiger partial charge >= 0.3 is 0 Å². The van der Waals surface area contributed by atoms with Crippen LogP contribution in [0.15, 0.2) is 48.5 Å². The van der Waals surface area contributed by atoms with E-state index in [1.54, 1.807) is 0 Å². The van der Waals surface area contributed by atoms with Gasteiger partial charge in [0.25, 0.3) is 17.3 Å². The van der Waals surface area contributed by atoms with Gasteiger partial charge in [0.05, 0.1) is 22.0 Å². The van der Waals surface area contributed by atoms with E-state index in [2.05, 4.69) is 5.32 Å². The Morgan fingerprint density at radius 1 is 1.08 bits per heavy atom. The number of hydrogen-bond acceptors (Lipinski definition) is 5. The summed E-state index contributed by atoms with van der Waals surface area (Å²) < 4.78 is 0. The Labute approximate surface area is 137 Å². The second-order valence-electron chi connectivity index (χ2n) is 5.06. The smallest absolute Gasteiger partial charge is 0.289 e. The minimum atomic E-state index is -0.800.